The van der Waals surface area contributed by atoms with Crippen LogP contribution in [0.2, 0.25) is 0 Å². The molecule has 0 spiro atoms. The van der Waals surface area contributed by atoms with E-state index in [1.54, 1.807) is 24.0 Å². The minimum atomic E-state index is 0.433. The van der Waals surface area contributed by atoms with Gasteiger partial charge in [-0.2, -0.15) is 10.4 Å². The Morgan fingerprint density at radius 1 is 1.14 bits per heavy atom. The van der Waals surface area contributed by atoms with Crippen molar-refractivity contribution in [3.8, 4) is 28.5 Å². The van der Waals surface area contributed by atoms with Crippen molar-refractivity contribution in [3.63, 3.8) is 0 Å². The van der Waals surface area contributed by atoms with Gasteiger partial charge in [-0.05, 0) is 5.56 Å². The average Bonchev–Trinajstić information content (AvgIpc) is 2.88. The van der Waals surface area contributed by atoms with Gasteiger partial charge in [0.25, 0.3) is 0 Å². The normalized spacial score (nSPS) is 10.3. The van der Waals surface area contributed by atoms with Gasteiger partial charge in [-0.3, -0.25) is 4.68 Å². The van der Waals surface area contributed by atoms with E-state index in [0.717, 1.165) is 22.4 Å². The van der Waals surface area contributed by atoms with Crippen LogP contribution in [0.5, 0.6) is 0 Å². The number of nitriles is 1. The third-order valence-corrected chi connectivity index (χ3v) is 3.22. The van der Waals surface area contributed by atoms with Gasteiger partial charge in [-0.15, -0.1) is 0 Å². The lowest BCUT2D eigenvalue weighted by molar-refractivity contribution is 0.756. The summed E-state index contributed by atoms with van der Waals surface area (Å²) < 4.78 is 1.56. The summed E-state index contributed by atoms with van der Waals surface area (Å²) in [5, 5.41) is 13.3. The number of aromatic nitrogens is 4. The molecule has 2 heterocycles. The van der Waals surface area contributed by atoms with Crippen LogP contribution in [-0.4, -0.2) is 19.7 Å². The number of aryl methyl sites for hydroxylation is 1. The average molecular weight is 276 g/mol. The van der Waals surface area contributed by atoms with Crippen LogP contribution in [0.4, 0.5) is 5.82 Å². The summed E-state index contributed by atoms with van der Waals surface area (Å²) >= 11 is 0. The van der Waals surface area contributed by atoms with Crippen LogP contribution in [0.15, 0.2) is 42.9 Å². The number of rotatable bonds is 2. The number of nitrogens with zero attached hydrogens (tertiary/aromatic N) is 5. The molecule has 2 aromatic heterocycles. The fourth-order valence-electron chi connectivity index (χ4n) is 2.13. The Balaban J connectivity index is 2.00. The number of nitrogens with two attached hydrogens (primary N) is 1. The van der Waals surface area contributed by atoms with E-state index in [4.69, 9.17) is 5.73 Å². The van der Waals surface area contributed by atoms with E-state index < -0.39 is 0 Å². The Morgan fingerprint density at radius 3 is 2.52 bits per heavy atom. The molecule has 0 aliphatic heterocycles. The Labute approximate surface area is 121 Å². The van der Waals surface area contributed by atoms with Crippen molar-refractivity contribution in [2.75, 3.05) is 5.73 Å². The second-order valence-electron chi connectivity index (χ2n) is 4.55. The summed E-state index contributed by atoms with van der Waals surface area (Å²) in [4.78, 5) is 8.07. The van der Waals surface area contributed by atoms with E-state index in [1.165, 1.54) is 6.33 Å². The minimum absolute atomic E-state index is 0.433. The van der Waals surface area contributed by atoms with Crippen LogP contribution in [0, 0.1) is 11.3 Å². The molecule has 0 aliphatic rings. The molecule has 6 heteroatoms. The molecule has 6 nitrogen and oxygen atoms in total. The lowest BCUT2D eigenvalue weighted by atomic mass is 10.0. The Bertz CT molecular complexity index is 826. The van der Waals surface area contributed by atoms with Gasteiger partial charge in [-0.1, -0.05) is 24.3 Å². The highest BCUT2D eigenvalue weighted by atomic mass is 15.3. The van der Waals surface area contributed by atoms with E-state index in [1.807, 2.05) is 24.3 Å². The molecule has 0 bridgehead atoms. The molecule has 3 aromatic rings. The van der Waals surface area contributed by atoms with Crippen LogP contribution < -0.4 is 5.73 Å². The number of hydrogen-bond donors (Lipinski definition) is 1. The first-order valence-corrected chi connectivity index (χ1v) is 6.29. The van der Waals surface area contributed by atoms with Crippen LogP contribution in [-0.2, 0) is 7.05 Å². The molecular weight excluding hydrogens is 264 g/mol. The molecule has 3 rings (SSSR count). The van der Waals surface area contributed by atoms with Crippen molar-refractivity contribution in [2.24, 2.45) is 7.05 Å². The molecule has 0 atom stereocenters. The van der Waals surface area contributed by atoms with Gasteiger partial charge in [0.15, 0.2) is 0 Å². The van der Waals surface area contributed by atoms with Crippen molar-refractivity contribution in [3.05, 3.63) is 48.5 Å². The summed E-state index contributed by atoms with van der Waals surface area (Å²) in [5.74, 6) is 0.433. The standard InChI is InChI=1S/C15H12N6/c1-21-14(7-16)12(8-20-21)10-2-4-11(5-3-10)13-6-15(17)19-9-18-13/h2-6,8-9H,1H3,(H2,17,18,19). The summed E-state index contributed by atoms with van der Waals surface area (Å²) in [6.45, 7) is 0. The van der Waals surface area contributed by atoms with Crippen molar-refractivity contribution in [1.29, 1.82) is 5.26 Å². The summed E-state index contributed by atoms with van der Waals surface area (Å²) in [5.41, 5.74) is 9.65. The van der Waals surface area contributed by atoms with Crippen molar-refractivity contribution in [1.82, 2.24) is 19.7 Å². The van der Waals surface area contributed by atoms with Crippen LogP contribution in [0.25, 0.3) is 22.4 Å². The van der Waals surface area contributed by atoms with E-state index in [-0.39, 0.29) is 0 Å². The maximum atomic E-state index is 9.17. The van der Waals surface area contributed by atoms with Crippen molar-refractivity contribution < 1.29 is 0 Å². The second kappa shape index (κ2) is 5.06. The van der Waals surface area contributed by atoms with E-state index in [2.05, 4.69) is 21.1 Å². The second-order valence-corrected chi connectivity index (χ2v) is 4.55. The van der Waals surface area contributed by atoms with Gasteiger partial charge < -0.3 is 5.73 Å². The number of anilines is 1. The number of benzene rings is 1. The van der Waals surface area contributed by atoms with Gasteiger partial charge >= 0.3 is 0 Å². The maximum absolute atomic E-state index is 9.17. The smallest absolute Gasteiger partial charge is 0.146 e. The molecule has 1 aromatic carbocycles. The van der Waals surface area contributed by atoms with Gasteiger partial charge in [-0.25, -0.2) is 9.97 Å². The van der Waals surface area contributed by atoms with Gasteiger partial charge in [0.05, 0.1) is 11.9 Å². The molecule has 0 saturated heterocycles. The molecule has 21 heavy (non-hydrogen) atoms. The predicted molar refractivity (Wildman–Crippen MR) is 78.8 cm³/mol. The quantitative estimate of drug-likeness (QED) is 0.772. The SMILES string of the molecule is Cn1ncc(-c2ccc(-c3cc(N)ncn3)cc2)c1C#N. The van der Waals surface area contributed by atoms with Gasteiger partial charge in [0, 0.05) is 24.2 Å². The highest BCUT2D eigenvalue weighted by Gasteiger charge is 2.10. The highest BCUT2D eigenvalue weighted by molar-refractivity contribution is 5.72. The lowest BCUT2D eigenvalue weighted by Gasteiger charge is -2.03. The first kappa shape index (κ1) is 12.8. The Kier molecular flexibility index (Phi) is 3.09. The first-order chi connectivity index (χ1) is 10.2. The van der Waals surface area contributed by atoms with Crippen molar-refractivity contribution >= 4 is 5.82 Å². The summed E-state index contributed by atoms with van der Waals surface area (Å²) in [7, 11) is 1.75. The molecule has 0 aliphatic carbocycles. The lowest BCUT2D eigenvalue weighted by Crippen LogP contribution is -1.94. The molecule has 0 saturated carbocycles. The topological polar surface area (TPSA) is 93.4 Å². The Morgan fingerprint density at radius 2 is 1.86 bits per heavy atom. The zero-order valence-corrected chi connectivity index (χ0v) is 11.4. The molecule has 0 unspecified atom stereocenters. The molecule has 2 N–H and O–H groups in total. The van der Waals surface area contributed by atoms with E-state index in [9.17, 15) is 5.26 Å². The number of nitrogen functional groups attached to an aromatic ring is 1. The van der Waals surface area contributed by atoms with Crippen LogP contribution >= 0.6 is 0 Å². The summed E-state index contributed by atoms with van der Waals surface area (Å²) in [6.07, 6.45) is 3.13. The van der Waals surface area contributed by atoms with E-state index in [0.29, 0.717) is 11.5 Å². The highest BCUT2D eigenvalue weighted by Crippen LogP contribution is 2.26. The zero-order valence-electron chi connectivity index (χ0n) is 11.4. The third-order valence-electron chi connectivity index (χ3n) is 3.22. The fraction of sp³-hybridized carbons (Fsp3) is 0.0667. The maximum Gasteiger partial charge on any atom is 0.146 e. The number of hydrogen-bond acceptors (Lipinski definition) is 5. The first-order valence-electron chi connectivity index (χ1n) is 6.29. The minimum Gasteiger partial charge on any atom is -0.384 e. The van der Waals surface area contributed by atoms with Crippen molar-refractivity contribution in [2.45, 2.75) is 0 Å². The van der Waals surface area contributed by atoms with Gasteiger partial charge in [0.1, 0.15) is 23.9 Å². The largest absolute Gasteiger partial charge is 0.384 e. The third kappa shape index (κ3) is 2.32. The Hall–Kier alpha value is -3.20. The monoisotopic (exact) mass is 276 g/mol. The molecular formula is C15H12N6. The van der Waals surface area contributed by atoms with E-state index >= 15 is 0 Å². The molecule has 102 valence electrons. The summed E-state index contributed by atoms with van der Waals surface area (Å²) in [6, 6.07) is 11.6. The van der Waals surface area contributed by atoms with Gasteiger partial charge in [0.2, 0.25) is 0 Å². The zero-order chi connectivity index (χ0) is 14.8. The molecule has 0 amide bonds. The molecule has 0 fully saturated rings. The molecule has 0 radical (unpaired) electrons. The predicted octanol–water partition coefficient (Wildman–Crippen LogP) is 2.00. The van der Waals surface area contributed by atoms with Crippen LogP contribution in [0.1, 0.15) is 5.69 Å². The fourth-order valence-corrected chi connectivity index (χ4v) is 2.13. The van der Waals surface area contributed by atoms with Crippen LogP contribution in [0.3, 0.4) is 0 Å².